The molecular weight excluding hydrogens is 464 g/mol. The van der Waals surface area contributed by atoms with Crippen molar-refractivity contribution in [1.29, 1.82) is 0 Å². The molecule has 3 unspecified atom stereocenters. The fourth-order valence-electron chi connectivity index (χ4n) is 7.85. The summed E-state index contributed by atoms with van der Waals surface area (Å²) in [6, 6.07) is 33.4. The summed E-state index contributed by atoms with van der Waals surface area (Å²) in [6.45, 7) is 5.38. The Bertz CT molecular complexity index is 1170. The van der Waals surface area contributed by atoms with Gasteiger partial charge in [-0.15, -0.1) is 0 Å². The highest BCUT2D eigenvalue weighted by Gasteiger charge is 2.48. The van der Waals surface area contributed by atoms with Crippen molar-refractivity contribution in [3.8, 4) is 0 Å². The molecule has 5 atom stereocenters. The quantitative estimate of drug-likeness (QED) is 0.365. The number of likely N-dealkylation sites (tertiary alicyclic amines) is 2. The van der Waals surface area contributed by atoms with Crippen molar-refractivity contribution < 1.29 is 4.79 Å². The van der Waals surface area contributed by atoms with Crippen LogP contribution < -0.4 is 0 Å². The van der Waals surface area contributed by atoms with E-state index in [1.54, 1.807) is 0 Å². The lowest BCUT2D eigenvalue weighted by molar-refractivity contribution is -0.138. The summed E-state index contributed by atoms with van der Waals surface area (Å²) >= 11 is 0. The Balaban J connectivity index is 1.24. The maximum absolute atomic E-state index is 14.3. The smallest absolute Gasteiger partial charge is 0.226 e. The Morgan fingerprint density at radius 3 is 1.79 bits per heavy atom. The van der Waals surface area contributed by atoms with Gasteiger partial charge in [0.15, 0.2) is 0 Å². The number of rotatable bonds is 5. The van der Waals surface area contributed by atoms with Crippen molar-refractivity contribution in [1.82, 2.24) is 9.80 Å². The molecule has 0 N–H and O–H groups in total. The van der Waals surface area contributed by atoms with Crippen LogP contribution in [0.2, 0.25) is 0 Å². The van der Waals surface area contributed by atoms with E-state index in [4.69, 9.17) is 0 Å². The summed E-state index contributed by atoms with van der Waals surface area (Å²) in [5.74, 6) is 1.86. The van der Waals surface area contributed by atoms with Gasteiger partial charge in [-0.05, 0) is 74.2 Å². The molecular formula is C35H42N2O. The van der Waals surface area contributed by atoms with E-state index in [1.807, 2.05) is 0 Å². The van der Waals surface area contributed by atoms with Gasteiger partial charge in [0.2, 0.25) is 5.91 Å². The highest BCUT2D eigenvalue weighted by atomic mass is 16.2. The minimum Gasteiger partial charge on any atom is -0.337 e. The molecule has 1 amide bonds. The van der Waals surface area contributed by atoms with Gasteiger partial charge in [-0.25, -0.2) is 0 Å². The fourth-order valence-corrected chi connectivity index (χ4v) is 7.85. The first-order chi connectivity index (χ1) is 18.7. The molecule has 1 aliphatic carbocycles. The van der Waals surface area contributed by atoms with Crippen molar-refractivity contribution >= 4 is 5.91 Å². The number of amides is 1. The Hall–Kier alpha value is -2.91. The molecule has 3 nitrogen and oxygen atoms in total. The van der Waals surface area contributed by atoms with Gasteiger partial charge in [0.25, 0.3) is 0 Å². The lowest BCUT2D eigenvalue weighted by atomic mass is 9.74. The molecule has 3 fully saturated rings. The molecule has 3 aromatic carbocycles. The third-order valence-electron chi connectivity index (χ3n) is 9.84. The van der Waals surface area contributed by atoms with Gasteiger partial charge in [-0.2, -0.15) is 0 Å². The maximum atomic E-state index is 14.3. The van der Waals surface area contributed by atoms with Gasteiger partial charge < -0.3 is 4.90 Å². The predicted octanol–water partition coefficient (Wildman–Crippen LogP) is 7.22. The molecule has 0 spiro atoms. The molecule has 1 saturated carbocycles. The second-order valence-corrected chi connectivity index (χ2v) is 11.9. The van der Waals surface area contributed by atoms with Gasteiger partial charge in [0.05, 0.1) is 0 Å². The number of nitrogens with zero attached hydrogens (tertiary/aromatic N) is 2. The van der Waals surface area contributed by atoms with Gasteiger partial charge >= 0.3 is 0 Å². The zero-order valence-electron chi connectivity index (χ0n) is 22.8. The molecule has 198 valence electrons. The van der Waals surface area contributed by atoms with E-state index >= 15 is 0 Å². The average molecular weight is 507 g/mol. The Kier molecular flexibility index (Phi) is 7.65. The summed E-state index contributed by atoms with van der Waals surface area (Å²) in [4.78, 5) is 19.4. The van der Waals surface area contributed by atoms with Crippen molar-refractivity contribution in [2.45, 2.75) is 75.3 Å². The van der Waals surface area contributed by atoms with Gasteiger partial charge in [-0.3, -0.25) is 9.69 Å². The summed E-state index contributed by atoms with van der Waals surface area (Å²) in [5, 5.41) is 0. The SMILES string of the molecule is CC1C(N2CCC(c3ccccc3)CC2)C(c2ccccc2)CN1C(=O)[C@@H]1CCCC[C@H]1c1ccccc1. The van der Waals surface area contributed by atoms with Crippen LogP contribution in [0, 0.1) is 5.92 Å². The van der Waals surface area contributed by atoms with Crippen LogP contribution in [0.25, 0.3) is 0 Å². The predicted molar refractivity (Wildman–Crippen MR) is 155 cm³/mol. The van der Waals surface area contributed by atoms with Gasteiger partial charge in [0, 0.05) is 30.5 Å². The van der Waals surface area contributed by atoms with Crippen LogP contribution >= 0.6 is 0 Å². The molecule has 38 heavy (non-hydrogen) atoms. The van der Waals surface area contributed by atoms with E-state index < -0.39 is 0 Å². The van der Waals surface area contributed by atoms with E-state index in [0.717, 1.165) is 32.5 Å². The number of piperidine rings is 1. The van der Waals surface area contributed by atoms with Crippen molar-refractivity contribution in [3.05, 3.63) is 108 Å². The van der Waals surface area contributed by atoms with Crippen LogP contribution in [0.15, 0.2) is 91.0 Å². The zero-order valence-corrected chi connectivity index (χ0v) is 22.8. The topological polar surface area (TPSA) is 23.6 Å². The van der Waals surface area contributed by atoms with Gasteiger partial charge in [-0.1, -0.05) is 104 Å². The zero-order chi connectivity index (χ0) is 25.9. The first-order valence-electron chi connectivity index (χ1n) is 14.9. The number of hydrogen-bond donors (Lipinski definition) is 0. The van der Waals surface area contributed by atoms with E-state index in [-0.39, 0.29) is 12.0 Å². The normalized spacial score (nSPS) is 28.9. The van der Waals surface area contributed by atoms with Crippen LogP contribution in [0.3, 0.4) is 0 Å². The number of hydrogen-bond acceptors (Lipinski definition) is 2. The summed E-state index contributed by atoms with van der Waals surface area (Å²) in [5.41, 5.74) is 4.21. The van der Waals surface area contributed by atoms with Crippen molar-refractivity contribution in [2.24, 2.45) is 5.92 Å². The lowest BCUT2D eigenvalue weighted by Gasteiger charge is -2.41. The largest absolute Gasteiger partial charge is 0.337 e. The van der Waals surface area contributed by atoms with Crippen molar-refractivity contribution in [3.63, 3.8) is 0 Å². The molecule has 0 bridgehead atoms. The molecule has 2 saturated heterocycles. The maximum Gasteiger partial charge on any atom is 0.226 e. The Morgan fingerprint density at radius 2 is 1.18 bits per heavy atom. The fraction of sp³-hybridized carbons (Fsp3) is 0.457. The summed E-state index contributed by atoms with van der Waals surface area (Å²) in [7, 11) is 0. The molecule has 2 heterocycles. The minimum atomic E-state index is 0.104. The number of carbonyl (C=O) groups is 1. The lowest BCUT2D eigenvalue weighted by Crippen LogP contribution is -2.50. The highest BCUT2D eigenvalue weighted by molar-refractivity contribution is 5.81. The molecule has 0 radical (unpaired) electrons. The summed E-state index contributed by atoms with van der Waals surface area (Å²) < 4.78 is 0. The standard InChI is InChI=1S/C35H42N2O/c1-26-34(36-23-21-28(22-24-36)27-13-5-2-6-14-27)33(30-17-9-4-10-18-30)25-37(26)35(38)32-20-12-11-19-31(32)29-15-7-3-8-16-29/h2-10,13-18,26,28,31-34H,11-12,19-25H2,1H3/t26?,31-,32+,33?,34?/m0/s1. The summed E-state index contributed by atoms with van der Waals surface area (Å²) in [6.07, 6.45) is 6.93. The van der Waals surface area contributed by atoms with Crippen LogP contribution in [0.5, 0.6) is 0 Å². The molecule has 2 aliphatic heterocycles. The molecule has 3 heteroatoms. The van der Waals surface area contributed by atoms with E-state index in [1.165, 1.54) is 42.4 Å². The van der Waals surface area contributed by atoms with Crippen LogP contribution in [0.4, 0.5) is 0 Å². The Labute approximate surface area is 228 Å². The second-order valence-electron chi connectivity index (χ2n) is 11.9. The first-order valence-corrected chi connectivity index (χ1v) is 14.9. The van der Waals surface area contributed by atoms with E-state index in [9.17, 15) is 4.79 Å². The molecule has 3 aliphatic rings. The minimum absolute atomic E-state index is 0.104. The van der Waals surface area contributed by atoms with Crippen molar-refractivity contribution in [2.75, 3.05) is 19.6 Å². The Morgan fingerprint density at radius 1 is 0.658 bits per heavy atom. The second kappa shape index (κ2) is 11.5. The number of benzene rings is 3. The molecule has 6 rings (SSSR count). The third-order valence-corrected chi connectivity index (χ3v) is 9.84. The number of carbonyl (C=O) groups excluding carboxylic acids is 1. The van der Waals surface area contributed by atoms with E-state index in [2.05, 4.69) is 108 Å². The van der Waals surface area contributed by atoms with Gasteiger partial charge in [0.1, 0.15) is 0 Å². The van der Waals surface area contributed by atoms with Crippen LogP contribution in [-0.2, 0) is 4.79 Å². The highest BCUT2D eigenvalue weighted by Crippen LogP contribution is 2.43. The first kappa shape index (κ1) is 25.4. The monoisotopic (exact) mass is 506 g/mol. The van der Waals surface area contributed by atoms with Crippen LogP contribution in [-0.4, -0.2) is 47.4 Å². The van der Waals surface area contributed by atoms with E-state index in [0.29, 0.717) is 29.7 Å². The average Bonchev–Trinajstić information content (AvgIpc) is 3.35. The van der Waals surface area contributed by atoms with Crippen LogP contribution in [0.1, 0.15) is 79.9 Å². The molecule has 3 aromatic rings. The molecule has 0 aromatic heterocycles. The third kappa shape index (κ3) is 5.06.